The number of rotatable bonds is 4. The molecule has 0 spiro atoms. The fraction of sp³-hybridized carbons (Fsp3) is 0.250. The lowest BCUT2D eigenvalue weighted by Crippen LogP contribution is -2.07. The highest BCUT2D eigenvalue weighted by Gasteiger charge is 2.07. The highest BCUT2D eigenvalue weighted by molar-refractivity contribution is 7.16. The van der Waals surface area contributed by atoms with Crippen molar-refractivity contribution < 1.29 is 4.39 Å². The lowest BCUT2D eigenvalue weighted by molar-refractivity contribution is 0.631. The van der Waals surface area contributed by atoms with Crippen LogP contribution in [0.15, 0.2) is 42.0 Å². The maximum atomic E-state index is 13.7. The molecule has 0 bridgehead atoms. The van der Waals surface area contributed by atoms with Gasteiger partial charge in [-0.3, -0.25) is 0 Å². The second kappa shape index (κ2) is 6.13. The van der Waals surface area contributed by atoms with Crippen LogP contribution in [0.25, 0.3) is 16.5 Å². The average molecular weight is 275 g/mol. The summed E-state index contributed by atoms with van der Waals surface area (Å²) in [4.78, 5) is 2.07. The third-order valence-electron chi connectivity index (χ3n) is 3.07. The lowest BCUT2D eigenvalue weighted by Gasteiger charge is -2.07. The van der Waals surface area contributed by atoms with Gasteiger partial charge >= 0.3 is 0 Å². The summed E-state index contributed by atoms with van der Waals surface area (Å²) in [5, 5.41) is 0. The van der Waals surface area contributed by atoms with Crippen LogP contribution in [0.4, 0.5) is 4.39 Å². The van der Waals surface area contributed by atoms with Crippen molar-refractivity contribution in [1.29, 1.82) is 0 Å². The van der Waals surface area contributed by atoms with Crippen LogP contribution in [0, 0.1) is 11.7 Å². The van der Waals surface area contributed by atoms with Crippen molar-refractivity contribution >= 4 is 17.4 Å². The molecule has 0 aliphatic carbocycles. The van der Waals surface area contributed by atoms with Crippen LogP contribution in [-0.4, -0.2) is 6.54 Å². The Morgan fingerprint density at radius 3 is 2.63 bits per heavy atom. The van der Waals surface area contributed by atoms with Crippen molar-refractivity contribution in [3.8, 4) is 10.4 Å². The molecule has 0 unspecified atom stereocenters. The van der Waals surface area contributed by atoms with E-state index in [-0.39, 0.29) is 5.82 Å². The normalized spacial score (nSPS) is 12.2. The van der Waals surface area contributed by atoms with Crippen molar-refractivity contribution in [2.24, 2.45) is 11.7 Å². The number of benzene rings is 1. The van der Waals surface area contributed by atoms with Gasteiger partial charge in [-0.25, -0.2) is 4.39 Å². The maximum absolute atomic E-state index is 13.7. The predicted molar refractivity (Wildman–Crippen MR) is 81.6 cm³/mol. The molecule has 19 heavy (non-hydrogen) atoms. The van der Waals surface area contributed by atoms with Crippen molar-refractivity contribution in [1.82, 2.24) is 0 Å². The minimum Gasteiger partial charge on any atom is -0.327 e. The molecule has 2 aromatic rings. The lowest BCUT2D eigenvalue weighted by atomic mass is 10.0. The molecule has 0 saturated heterocycles. The van der Waals surface area contributed by atoms with Crippen LogP contribution < -0.4 is 5.73 Å². The summed E-state index contributed by atoms with van der Waals surface area (Å²) < 4.78 is 13.7. The van der Waals surface area contributed by atoms with Crippen LogP contribution in [-0.2, 0) is 0 Å². The van der Waals surface area contributed by atoms with Crippen LogP contribution in [0.5, 0.6) is 0 Å². The second-order valence-electron chi connectivity index (χ2n) is 4.76. The molecular formula is C16H18FNS. The Kier molecular flexibility index (Phi) is 4.51. The van der Waals surface area contributed by atoms with Gasteiger partial charge in [0.15, 0.2) is 0 Å². The monoisotopic (exact) mass is 275 g/mol. The molecule has 100 valence electrons. The van der Waals surface area contributed by atoms with Gasteiger partial charge in [0.25, 0.3) is 0 Å². The zero-order valence-electron chi connectivity index (χ0n) is 11.2. The Morgan fingerprint density at radius 2 is 2.00 bits per heavy atom. The first-order chi connectivity index (χ1) is 9.11. The number of thiophene rings is 1. The summed E-state index contributed by atoms with van der Waals surface area (Å²) in [7, 11) is 0. The summed E-state index contributed by atoms with van der Waals surface area (Å²) in [6, 6.07) is 10.8. The molecule has 1 aromatic heterocycles. The van der Waals surface area contributed by atoms with Gasteiger partial charge in [-0.2, -0.15) is 0 Å². The van der Waals surface area contributed by atoms with Crippen LogP contribution in [0.2, 0.25) is 0 Å². The third kappa shape index (κ3) is 3.31. The van der Waals surface area contributed by atoms with Gasteiger partial charge in [0.1, 0.15) is 5.82 Å². The predicted octanol–water partition coefficient (Wildman–Crippen LogP) is 4.55. The first-order valence-corrected chi connectivity index (χ1v) is 7.18. The highest BCUT2D eigenvalue weighted by atomic mass is 32.1. The van der Waals surface area contributed by atoms with Crippen molar-refractivity contribution in [2.75, 3.05) is 6.54 Å². The van der Waals surface area contributed by atoms with E-state index in [1.807, 2.05) is 18.2 Å². The Hall–Kier alpha value is -1.45. The van der Waals surface area contributed by atoms with E-state index in [2.05, 4.69) is 19.9 Å². The van der Waals surface area contributed by atoms with E-state index < -0.39 is 0 Å². The van der Waals surface area contributed by atoms with Gasteiger partial charge in [-0.15, -0.1) is 11.3 Å². The van der Waals surface area contributed by atoms with Crippen molar-refractivity contribution in [3.05, 3.63) is 52.7 Å². The van der Waals surface area contributed by atoms with E-state index in [0.717, 1.165) is 9.75 Å². The molecule has 0 aliphatic rings. The number of hydrogen-bond acceptors (Lipinski definition) is 2. The molecule has 0 atom stereocenters. The van der Waals surface area contributed by atoms with Gasteiger partial charge in [0.2, 0.25) is 0 Å². The molecule has 0 radical (unpaired) electrons. The second-order valence-corrected chi connectivity index (χ2v) is 5.88. The fourth-order valence-corrected chi connectivity index (χ4v) is 2.89. The molecule has 2 rings (SSSR count). The topological polar surface area (TPSA) is 26.0 Å². The molecule has 1 aromatic carbocycles. The SMILES string of the molecule is CC(C)C(=Cc1ccc(-c2ccccc2F)s1)CN. The van der Waals surface area contributed by atoms with Gasteiger partial charge in [0.05, 0.1) is 0 Å². The smallest absolute Gasteiger partial charge is 0.131 e. The highest BCUT2D eigenvalue weighted by Crippen LogP contribution is 2.31. The summed E-state index contributed by atoms with van der Waals surface area (Å²) in [5.74, 6) is 0.256. The van der Waals surface area contributed by atoms with E-state index >= 15 is 0 Å². The molecule has 2 N–H and O–H groups in total. The molecule has 0 saturated carbocycles. The maximum Gasteiger partial charge on any atom is 0.131 e. The zero-order valence-corrected chi connectivity index (χ0v) is 12.0. The van der Waals surface area contributed by atoms with Crippen molar-refractivity contribution in [2.45, 2.75) is 13.8 Å². The summed E-state index contributed by atoms with van der Waals surface area (Å²) >= 11 is 1.59. The first kappa shape index (κ1) is 14.0. The summed E-state index contributed by atoms with van der Waals surface area (Å²) in [5.41, 5.74) is 7.61. The van der Waals surface area contributed by atoms with Crippen LogP contribution in [0.1, 0.15) is 18.7 Å². The minimum atomic E-state index is -0.178. The van der Waals surface area contributed by atoms with Crippen molar-refractivity contribution in [3.63, 3.8) is 0 Å². The van der Waals surface area contributed by atoms with Gasteiger partial charge < -0.3 is 5.73 Å². The molecular weight excluding hydrogens is 257 g/mol. The largest absolute Gasteiger partial charge is 0.327 e. The van der Waals surface area contributed by atoms with Crippen LogP contribution >= 0.6 is 11.3 Å². The van der Waals surface area contributed by atoms with Gasteiger partial charge in [0, 0.05) is 21.9 Å². The zero-order chi connectivity index (χ0) is 13.8. The Morgan fingerprint density at radius 1 is 1.26 bits per heavy atom. The van der Waals surface area contributed by atoms with Gasteiger partial charge in [-0.05, 0) is 30.2 Å². The molecule has 0 fully saturated rings. The number of halogens is 1. The number of nitrogens with two attached hydrogens (primary N) is 1. The fourth-order valence-electron chi connectivity index (χ4n) is 1.88. The number of hydrogen-bond donors (Lipinski definition) is 1. The van der Waals surface area contributed by atoms with Crippen LogP contribution in [0.3, 0.4) is 0 Å². The molecule has 0 aliphatic heterocycles. The van der Waals surface area contributed by atoms with Gasteiger partial charge in [-0.1, -0.05) is 37.6 Å². The quantitative estimate of drug-likeness (QED) is 0.870. The van der Waals surface area contributed by atoms with E-state index in [1.54, 1.807) is 23.5 Å². The molecule has 3 heteroatoms. The van der Waals surface area contributed by atoms with E-state index in [9.17, 15) is 4.39 Å². The first-order valence-electron chi connectivity index (χ1n) is 6.37. The molecule has 1 heterocycles. The summed E-state index contributed by atoms with van der Waals surface area (Å²) in [6.45, 7) is 4.82. The Bertz CT molecular complexity index is 584. The molecule has 0 amide bonds. The van der Waals surface area contributed by atoms with E-state index in [4.69, 9.17) is 5.73 Å². The standard InChI is InChI=1S/C16H18FNS/c1-11(2)12(10-18)9-13-7-8-16(19-13)14-5-3-4-6-15(14)17/h3-9,11H,10,18H2,1-2H3. The average Bonchev–Trinajstić information content (AvgIpc) is 2.84. The molecule has 1 nitrogen and oxygen atoms in total. The Labute approximate surface area is 117 Å². The third-order valence-corrected chi connectivity index (χ3v) is 4.14. The minimum absolute atomic E-state index is 0.178. The Balaban J connectivity index is 2.32. The van der Waals surface area contributed by atoms with E-state index in [1.165, 1.54) is 11.6 Å². The van der Waals surface area contributed by atoms with E-state index in [0.29, 0.717) is 18.0 Å². The summed E-state index contributed by atoms with van der Waals surface area (Å²) in [6.07, 6.45) is 2.11.